The lowest BCUT2D eigenvalue weighted by atomic mass is 9.95. The van der Waals surface area contributed by atoms with Crippen LogP contribution in [0.3, 0.4) is 0 Å². The number of nitrogens with one attached hydrogen (secondary N) is 1. The lowest BCUT2D eigenvalue weighted by Gasteiger charge is -2.33. The summed E-state index contributed by atoms with van der Waals surface area (Å²) in [6.45, 7) is 4.51. The molecule has 6 heteroatoms. The van der Waals surface area contributed by atoms with Gasteiger partial charge in [-0.15, -0.1) is 0 Å². The van der Waals surface area contributed by atoms with Crippen LogP contribution in [-0.4, -0.2) is 46.9 Å². The fourth-order valence-electron chi connectivity index (χ4n) is 3.08. The Morgan fingerprint density at radius 2 is 1.92 bits per heavy atom. The zero-order valence-corrected chi connectivity index (χ0v) is 14.8. The monoisotopic (exact) mass is 346 g/mol. The van der Waals surface area contributed by atoms with E-state index < -0.39 is 12.0 Å². The molecule has 1 aromatic rings. The number of benzene rings is 1. The molecule has 0 saturated carbocycles. The normalized spacial score (nSPS) is 18.7. The van der Waals surface area contributed by atoms with Crippen molar-refractivity contribution in [3.8, 4) is 0 Å². The van der Waals surface area contributed by atoms with Gasteiger partial charge in [0.05, 0.1) is 12.3 Å². The van der Waals surface area contributed by atoms with Gasteiger partial charge in [0.2, 0.25) is 11.8 Å². The number of rotatable bonds is 6. The molecule has 1 heterocycles. The van der Waals surface area contributed by atoms with E-state index in [1.807, 2.05) is 30.3 Å². The van der Waals surface area contributed by atoms with Crippen molar-refractivity contribution in [2.24, 2.45) is 11.8 Å². The van der Waals surface area contributed by atoms with E-state index in [0.29, 0.717) is 25.9 Å². The number of piperidine rings is 1. The number of nitrogens with zero attached hydrogens (tertiary/aromatic N) is 1. The maximum absolute atomic E-state index is 12.5. The molecule has 2 rings (SSSR count). The van der Waals surface area contributed by atoms with Crippen LogP contribution in [0.1, 0.15) is 32.3 Å². The minimum absolute atomic E-state index is 0.00217. The van der Waals surface area contributed by atoms with Crippen LogP contribution in [-0.2, 0) is 20.8 Å². The second kappa shape index (κ2) is 8.65. The molecule has 136 valence electrons. The summed E-state index contributed by atoms with van der Waals surface area (Å²) in [5.74, 6) is -1.85. The Kier molecular flexibility index (Phi) is 6.56. The first kappa shape index (κ1) is 19.0. The third-order valence-electron chi connectivity index (χ3n) is 4.57. The maximum atomic E-state index is 12.5. The molecule has 2 amide bonds. The Morgan fingerprint density at radius 3 is 2.52 bits per heavy atom. The molecule has 2 N–H and O–H groups in total. The molecule has 0 bridgehead atoms. The van der Waals surface area contributed by atoms with E-state index in [1.165, 1.54) is 0 Å². The number of carbonyl (C=O) groups is 3. The number of likely N-dealkylation sites (tertiary alicyclic amines) is 1. The molecule has 6 nitrogen and oxygen atoms in total. The van der Waals surface area contributed by atoms with Crippen molar-refractivity contribution in [2.75, 3.05) is 13.1 Å². The van der Waals surface area contributed by atoms with Gasteiger partial charge in [-0.2, -0.15) is 0 Å². The Bertz CT molecular complexity index is 615. The lowest BCUT2D eigenvalue weighted by Crippen LogP contribution is -2.51. The number of hydrogen-bond donors (Lipinski definition) is 2. The molecule has 1 aliphatic rings. The summed E-state index contributed by atoms with van der Waals surface area (Å²) in [7, 11) is 0. The predicted octanol–water partition coefficient (Wildman–Crippen LogP) is 1.69. The summed E-state index contributed by atoms with van der Waals surface area (Å²) in [5, 5.41) is 11.8. The summed E-state index contributed by atoms with van der Waals surface area (Å²) in [6, 6.07) is 8.61. The molecule has 0 radical (unpaired) electrons. The first-order valence-electron chi connectivity index (χ1n) is 8.73. The summed E-state index contributed by atoms with van der Waals surface area (Å²) in [4.78, 5) is 37.9. The number of carbonyl (C=O) groups excluding carboxylic acids is 2. The SMILES string of the molecule is CC(C)[C@H](NC(=O)C1CCCN(C(=O)Cc2ccccc2)C1)C(=O)O. The molecule has 0 aromatic heterocycles. The number of hydrogen-bond acceptors (Lipinski definition) is 3. The molecule has 1 unspecified atom stereocenters. The Balaban J connectivity index is 1.94. The van der Waals surface area contributed by atoms with E-state index in [2.05, 4.69) is 5.32 Å². The van der Waals surface area contributed by atoms with Crippen LogP contribution in [0.4, 0.5) is 0 Å². The van der Waals surface area contributed by atoms with Crippen LogP contribution in [0.15, 0.2) is 30.3 Å². The van der Waals surface area contributed by atoms with Crippen LogP contribution in [0.2, 0.25) is 0 Å². The van der Waals surface area contributed by atoms with E-state index in [0.717, 1.165) is 12.0 Å². The second-order valence-corrected chi connectivity index (χ2v) is 6.91. The molecule has 0 spiro atoms. The van der Waals surface area contributed by atoms with Crippen molar-refractivity contribution >= 4 is 17.8 Å². The van der Waals surface area contributed by atoms with Gasteiger partial charge >= 0.3 is 5.97 Å². The van der Waals surface area contributed by atoms with Crippen molar-refractivity contribution in [3.05, 3.63) is 35.9 Å². The molecular formula is C19H26N2O4. The first-order chi connectivity index (χ1) is 11.9. The van der Waals surface area contributed by atoms with Gasteiger partial charge in [-0.25, -0.2) is 4.79 Å². The molecular weight excluding hydrogens is 320 g/mol. The van der Waals surface area contributed by atoms with Gasteiger partial charge in [0.1, 0.15) is 6.04 Å². The van der Waals surface area contributed by atoms with Gasteiger partial charge < -0.3 is 15.3 Å². The van der Waals surface area contributed by atoms with E-state index >= 15 is 0 Å². The van der Waals surface area contributed by atoms with Crippen molar-refractivity contribution < 1.29 is 19.5 Å². The molecule has 0 aliphatic carbocycles. The Labute approximate surface area is 148 Å². The van der Waals surface area contributed by atoms with Crippen LogP contribution < -0.4 is 5.32 Å². The summed E-state index contributed by atoms with van der Waals surface area (Å²) in [6.07, 6.45) is 1.74. The third kappa shape index (κ3) is 5.31. The minimum Gasteiger partial charge on any atom is -0.480 e. The van der Waals surface area contributed by atoms with Gasteiger partial charge in [0, 0.05) is 13.1 Å². The number of aliphatic carboxylic acids is 1. The highest BCUT2D eigenvalue weighted by Crippen LogP contribution is 2.18. The van der Waals surface area contributed by atoms with E-state index in [-0.39, 0.29) is 23.7 Å². The highest BCUT2D eigenvalue weighted by atomic mass is 16.4. The fraction of sp³-hybridized carbons (Fsp3) is 0.526. The Morgan fingerprint density at radius 1 is 1.24 bits per heavy atom. The highest BCUT2D eigenvalue weighted by molar-refractivity contribution is 5.86. The summed E-state index contributed by atoms with van der Waals surface area (Å²) in [5.41, 5.74) is 0.949. The summed E-state index contributed by atoms with van der Waals surface area (Å²) < 4.78 is 0. The number of amides is 2. The van der Waals surface area contributed by atoms with Crippen LogP contribution in [0.25, 0.3) is 0 Å². The van der Waals surface area contributed by atoms with Crippen LogP contribution in [0, 0.1) is 11.8 Å². The molecule has 1 saturated heterocycles. The van der Waals surface area contributed by atoms with E-state index in [4.69, 9.17) is 0 Å². The van der Waals surface area contributed by atoms with Gasteiger partial charge in [0.15, 0.2) is 0 Å². The topological polar surface area (TPSA) is 86.7 Å². The number of carboxylic acid groups (broad SMARTS) is 1. The smallest absolute Gasteiger partial charge is 0.326 e. The Hall–Kier alpha value is -2.37. The van der Waals surface area contributed by atoms with E-state index in [1.54, 1.807) is 18.7 Å². The first-order valence-corrected chi connectivity index (χ1v) is 8.73. The molecule has 1 aromatic carbocycles. The lowest BCUT2D eigenvalue weighted by molar-refractivity contribution is -0.145. The quantitative estimate of drug-likeness (QED) is 0.821. The van der Waals surface area contributed by atoms with Crippen LogP contribution in [0.5, 0.6) is 0 Å². The average molecular weight is 346 g/mol. The molecule has 25 heavy (non-hydrogen) atoms. The second-order valence-electron chi connectivity index (χ2n) is 6.91. The van der Waals surface area contributed by atoms with Crippen molar-refractivity contribution in [3.63, 3.8) is 0 Å². The zero-order valence-electron chi connectivity index (χ0n) is 14.8. The van der Waals surface area contributed by atoms with Crippen molar-refractivity contribution in [1.82, 2.24) is 10.2 Å². The van der Waals surface area contributed by atoms with E-state index in [9.17, 15) is 19.5 Å². The average Bonchev–Trinajstić information content (AvgIpc) is 2.59. The molecule has 1 aliphatic heterocycles. The number of carboxylic acids is 1. The maximum Gasteiger partial charge on any atom is 0.326 e. The zero-order chi connectivity index (χ0) is 18.4. The fourth-order valence-corrected chi connectivity index (χ4v) is 3.08. The predicted molar refractivity (Wildman–Crippen MR) is 93.9 cm³/mol. The standard InChI is InChI=1S/C19H26N2O4/c1-13(2)17(19(24)25)20-18(23)15-9-6-10-21(12-15)16(22)11-14-7-4-3-5-8-14/h3-5,7-8,13,15,17H,6,9-12H2,1-2H3,(H,20,23)(H,24,25)/t15?,17-/m0/s1. The van der Waals surface area contributed by atoms with Gasteiger partial charge in [0.25, 0.3) is 0 Å². The highest BCUT2D eigenvalue weighted by Gasteiger charge is 2.31. The largest absolute Gasteiger partial charge is 0.480 e. The summed E-state index contributed by atoms with van der Waals surface area (Å²) >= 11 is 0. The van der Waals surface area contributed by atoms with Gasteiger partial charge in [-0.3, -0.25) is 9.59 Å². The van der Waals surface area contributed by atoms with Gasteiger partial charge in [-0.05, 0) is 24.3 Å². The van der Waals surface area contributed by atoms with Crippen LogP contribution >= 0.6 is 0 Å². The third-order valence-corrected chi connectivity index (χ3v) is 4.57. The van der Waals surface area contributed by atoms with Gasteiger partial charge in [-0.1, -0.05) is 44.2 Å². The minimum atomic E-state index is -1.03. The van der Waals surface area contributed by atoms with Crippen molar-refractivity contribution in [2.45, 2.75) is 39.2 Å². The molecule has 1 fully saturated rings. The van der Waals surface area contributed by atoms with Crippen molar-refractivity contribution in [1.29, 1.82) is 0 Å². The molecule has 2 atom stereocenters.